The van der Waals surface area contributed by atoms with Crippen LogP contribution in [0.2, 0.25) is 0 Å². The van der Waals surface area contributed by atoms with Crippen LogP contribution in [0.3, 0.4) is 0 Å². The van der Waals surface area contributed by atoms with Gasteiger partial charge in [0.2, 0.25) is 0 Å². The Kier molecular flexibility index (Phi) is 3.17. The van der Waals surface area contributed by atoms with Gasteiger partial charge in [0.25, 0.3) is 5.69 Å². The summed E-state index contributed by atoms with van der Waals surface area (Å²) in [5, 5.41) is 22.8. The van der Waals surface area contributed by atoms with Gasteiger partial charge < -0.3 is 10.4 Å². The van der Waals surface area contributed by atoms with Gasteiger partial charge in [0.05, 0.1) is 11.0 Å². The molecule has 5 heteroatoms. The van der Waals surface area contributed by atoms with E-state index < -0.39 is 4.92 Å². The van der Waals surface area contributed by atoms with Crippen LogP contribution in [-0.2, 0) is 6.54 Å². The molecular formula is C11H14N2O3. The molecule has 2 rings (SSSR count). The Hall–Kier alpha value is -1.46. The topological polar surface area (TPSA) is 75.4 Å². The molecule has 0 amide bonds. The maximum Gasteiger partial charge on any atom is 0.269 e. The van der Waals surface area contributed by atoms with E-state index in [0.717, 1.165) is 18.4 Å². The third-order valence-corrected chi connectivity index (χ3v) is 2.86. The standard InChI is InChI=1S/C11H14N2O3/c14-11-5-9(6-11)12-7-8-1-3-10(4-2-8)13(15)16/h1-4,9,11-12,14H,5-7H2. The van der Waals surface area contributed by atoms with Crippen LogP contribution in [0.5, 0.6) is 0 Å². The Balaban J connectivity index is 1.83. The Bertz CT molecular complexity index is 371. The van der Waals surface area contributed by atoms with Crippen molar-refractivity contribution < 1.29 is 10.0 Å². The lowest BCUT2D eigenvalue weighted by Gasteiger charge is -2.32. The van der Waals surface area contributed by atoms with Crippen LogP contribution in [0.4, 0.5) is 5.69 Å². The lowest BCUT2D eigenvalue weighted by molar-refractivity contribution is -0.384. The number of hydrogen-bond acceptors (Lipinski definition) is 4. The molecule has 1 saturated carbocycles. The second kappa shape index (κ2) is 4.59. The minimum absolute atomic E-state index is 0.114. The average molecular weight is 222 g/mol. The summed E-state index contributed by atoms with van der Waals surface area (Å²) in [5.41, 5.74) is 1.13. The van der Waals surface area contributed by atoms with Crippen molar-refractivity contribution in [1.29, 1.82) is 0 Å². The summed E-state index contributed by atoms with van der Waals surface area (Å²) >= 11 is 0. The maximum atomic E-state index is 10.4. The van der Waals surface area contributed by atoms with Crippen LogP contribution >= 0.6 is 0 Å². The van der Waals surface area contributed by atoms with Gasteiger partial charge in [-0.2, -0.15) is 0 Å². The fraction of sp³-hybridized carbons (Fsp3) is 0.455. The molecule has 1 aromatic carbocycles. The van der Waals surface area contributed by atoms with Gasteiger partial charge in [-0.3, -0.25) is 10.1 Å². The summed E-state index contributed by atoms with van der Waals surface area (Å²) < 4.78 is 0. The van der Waals surface area contributed by atoms with Crippen LogP contribution in [0.15, 0.2) is 24.3 Å². The number of aliphatic hydroxyl groups excluding tert-OH is 1. The minimum Gasteiger partial charge on any atom is -0.393 e. The average Bonchev–Trinajstić information content (AvgIpc) is 2.23. The fourth-order valence-corrected chi connectivity index (χ4v) is 1.75. The number of aliphatic hydroxyl groups is 1. The van der Waals surface area contributed by atoms with E-state index >= 15 is 0 Å². The molecule has 0 aliphatic heterocycles. The molecule has 0 radical (unpaired) electrons. The van der Waals surface area contributed by atoms with Crippen molar-refractivity contribution in [2.45, 2.75) is 31.5 Å². The van der Waals surface area contributed by atoms with Crippen LogP contribution in [0.25, 0.3) is 0 Å². The van der Waals surface area contributed by atoms with Crippen molar-refractivity contribution >= 4 is 5.69 Å². The van der Waals surface area contributed by atoms with Crippen molar-refractivity contribution in [3.05, 3.63) is 39.9 Å². The number of nitro benzene ring substituents is 1. The number of nitrogens with zero attached hydrogens (tertiary/aromatic N) is 1. The van der Waals surface area contributed by atoms with E-state index in [0.29, 0.717) is 12.6 Å². The minimum atomic E-state index is -0.403. The molecule has 0 saturated heterocycles. The Morgan fingerprint density at radius 2 is 2.00 bits per heavy atom. The van der Waals surface area contributed by atoms with Gasteiger partial charge in [-0.25, -0.2) is 0 Å². The molecule has 1 aliphatic carbocycles. The third-order valence-electron chi connectivity index (χ3n) is 2.86. The highest BCUT2D eigenvalue weighted by atomic mass is 16.6. The molecule has 0 aromatic heterocycles. The SMILES string of the molecule is O=[N+]([O-])c1ccc(CNC2CC(O)C2)cc1. The predicted octanol–water partition coefficient (Wildman–Crippen LogP) is 1.21. The van der Waals surface area contributed by atoms with Crippen LogP contribution < -0.4 is 5.32 Å². The van der Waals surface area contributed by atoms with E-state index in [1.807, 2.05) is 0 Å². The second-order valence-electron chi connectivity index (χ2n) is 4.13. The van der Waals surface area contributed by atoms with Gasteiger partial charge >= 0.3 is 0 Å². The van der Waals surface area contributed by atoms with Crippen molar-refractivity contribution in [3.63, 3.8) is 0 Å². The first kappa shape index (κ1) is 11.0. The number of nitro groups is 1. The van der Waals surface area contributed by atoms with E-state index in [-0.39, 0.29) is 11.8 Å². The maximum absolute atomic E-state index is 10.4. The predicted molar refractivity (Wildman–Crippen MR) is 59.0 cm³/mol. The smallest absolute Gasteiger partial charge is 0.269 e. The van der Waals surface area contributed by atoms with Gasteiger partial charge in [0.15, 0.2) is 0 Å². The van der Waals surface area contributed by atoms with E-state index in [1.54, 1.807) is 12.1 Å². The molecule has 16 heavy (non-hydrogen) atoms. The summed E-state index contributed by atoms with van der Waals surface area (Å²) in [4.78, 5) is 10.0. The number of rotatable bonds is 4. The summed E-state index contributed by atoms with van der Waals surface area (Å²) in [5.74, 6) is 0. The van der Waals surface area contributed by atoms with Gasteiger partial charge in [0.1, 0.15) is 0 Å². The van der Waals surface area contributed by atoms with Gasteiger partial charge in [-0.1, -0.05) is 12.1 Å². The van der Waals surface area contributed by atoms with E-state index in [9.17, 15) is 10.1 Å². The molecule has 5 nitrogen and oxygen atoms in total. The van der Waals surface area contributed by atoms with Crippen LogP contribution in [0.1, 0.15) is 18.4 Å². The zero-order valence-corrected chi connectivity index (χ0v) is 8.80. The molecule has 0 heterocycles. The molecule has 2 N–H and O–H groups in total. The Morgan fingerprint density at radius 1 is 1.38 bits per heavy atom. The normalized spacial score (nSPS) is 23.8. The second-order valence-corrected chi connectivity index (χ2v) is 4.13. The lowest BCUT2D eigenvalue weighted by Crippen LogP contribution is -2.43. The number of hydrogen-bond donors (Lipinski definition) is 2. The Labute approximate surface area is 93.2 Å². The molecule has 1 aromatic rings. The zero-order chi connectivity index (χ0) is 11.5. The highest BCUT2D eigenvalue weighted by molar-refractivity contribution is 5.32. The first-order valence-corrected chi connectivity index (χ1v) is 5.30. The lowest BCUT2D eigenvalue weighted by atomic mass is 9.89. The third kappa shape index (κ3) is 2.56. The molecule has 0 atom stereocenters. The first-order chi connectivity index (χ1) is 7.65. The van der Waals surface area contributed by atoms with E-state index in [2.05, 4.69) is 5.32 Å². The summed E-state index contributed by atoms with van der Waals surface area (Å²) in [6.07, 6.45) is 1.44. The van der Waals surface area contributed by atoms with Crippen molar-refractivity contribution in [2.75, 3.05) is 0 Å². The number of benzene rings is 1. The van der Waals surface area contributed by atoms with E-state index in [4.69, 9.17) is 5.11 Å². The van der Waals surface area contributed by atoms with E-state index in [1.165, 1.54) is 12.1 Å². The summed E-state index contributed by atoms with van der Waals surface area (Å²) in [7, 11) is 0. The quantitative estimate of drug-likeness (QED) is 0.593. The number of non-ortho nitro benzene ring substituents is 1. The Morgan fingerprint density at radius 3 is 2.50 bits per heavy atom. The van der Waals surface area contributed by atoms with Gasteiger partial charge in [-0.15, -0.1) is 0 Å². The van der Waals surface area contributed by atoms with Gasteiger partial charge in [-0.05, 0) is 18.4 Å². The van der Waals surface area contributed by atoms with Crippen molar-refractivity contribution in [3.8, 4) is 0 Å². The van der Waals surface area contributed by atoms with Crippen LogP contribution in [-0.4, -0.2) is 22.2 Å². The van der Waals surface area contributed by atoms with Crippen molar-refractivity contribution in [1.82, 2.24) is 5.32 Å². The van der Waals surface area contributed by atoms with Crippen LogP contribution in [0, 0.1) is 10.1 Å². The summed E-state index contributed by atoms with van der Waals surface area (Å²) in [6, 6.07) is 6.89. The molecule has 1 aliphatic rings. The monoisotopic (exact) mass is 222 g/mol. The zero-order valence-electron chi connectivity index (χ0n) is 8.80. The first-order valence-electron chi connectivity index (χ1n) is 5.30. The molecule has 0 bridgehead atoms. The molecule has 0 spiro atoms. The molecule has 0 unspecified atom stereocenters. The largest absolute Gasteiger partial charge is 0.393 e. The molecule has 1 fully saturated rings. The molecule has 86 valence electrons. The number of nitrogens with one attached hydrogen (secondary N) is 1. The highest BCUT2D eigenvalue weighted by Crippen LogP contribution is 2.20. The molecular weight excluding hydrogens is 208 g/mol. The fourth-order valence-electron chi connectivity index (χ4n) is 1.75. The summed E-state index contributed by atoms with van der Waals surface area (Å²) in [6.45, 7) is 0.690. The van der Waals surface area contributed by atoms with Crippen molar-refractivity contribution in [2.24, 2.45) is 0 Å². The van der Waals surface area contributed by atoms with Gasteiger partial charge in [0, 0.05) is 24.7 Å². The highest BCUT2D eigenvalue weighted by Gasteiger charge is 2.26.